The largest absolute Gasteiger partial charge is 0.475 e. The van der Waals surface area contributed by atoms with Gasteiger partial charge in [-0.1, -0.05) is 6.92 Å². The first-order valence-electron chi connectivity index (χ1n) is 2.37. The second-order valence-corrected chi connectivity index (χ2v) is 2.12. The Balaban J connectivity index is 0. The van der Waals surface area contributed by atoms with E-state index in [-0.39, 0.29) is 32.8 Å². The van der Waals surface area contributed by atoms with Crippen LogP contribution in [0.25, 0.3) is 0 Å². The molecule has 0 saturated heterocycles. The van der Waals surface area contributed by atoms with Gasteiger partial charge in [-0.2, -0.15) is 0 Å². The molecule has 0 aromatic heterocycles. The van der Waals surface area contributed by atoms with Gasteiger partial charge in [-0.15, -0.1) is 23.4 Å². The van der Waals surface area contributed by atoms with Crippen LogP contribution in [-0.2, 0) is 0 Å². The minimum Gasteiger partial charge on any atom is -0.277 e. The number of halogens is 1. The van der Waals surface area contributed by atoms with Crippen molar-refractivity contribution in [2.24, 2.45) is 0 Å². The van der Waals surface area contributed by atoms with E-state index in [0.717, 1.165) is 6.42 Å². The van der Waals surface area contributed by atoms with Gasteiger partial charge in [0.1, 0.15) is 0 Å². The minimum atomic E-state index is 0. The molecule has 7 heavy (non-hydrogen) atoms. The lowest BCUT2D eigenvalue weighted by Gasteiger charge is -1.64. The zero-order valence-corrected chi connectivity index (χ0v) is 7.05. The van der Waals surface area contributed by atoms with Crippen molar-refractivity contribution in [3.8, 4) is 9.97 Å². The van der Waals surface area contributed by atoms with Crippen LogP contribution in [-0.4, -0.2) is 20.4 Å². The van der Waals surface area contributed by atoms with E-state index in [2.05, 4.69) is 21.9 Å². The van der Waals surface area contributed by atoms with E-state index in [0.29, 0.717) is 0 Å². The Morgan fingerprint density at radius 2 is 2.14 bits per heavy atom. The lowest BCUT2D eigenvalue weighted by Crippen LogP contribution is -1.68. The van der Waals surface area contributed by atoms with Crippen molar-refractivity contribution >= 4 is 32.8 Å². The number of hydrogen-bond donors (Lipinski definition) is 0. The predicted molar refractivity (Wildman–Crippen MR) is 36.9 cm³/mol. The lowest BCUT2D eigenvalue weighted by molar-refractivity contribution is 1.28. The van der Waals surface area contributed by atoms with Gasteiger partial charge < -0.3 is 0 Å². The van der Waals surface area contributed by atoms with Gasteiger partial charge in [-0.3, -0.25) is 4.05 Å². The summed E-state index contributed by atoms with van der Waals surface area (Å²) in [7, 11) is 0. The fourth-order valence-corrected chi connectivity index (χ4v) is 0.750. The summed E-state index contributed by atoms with van der Waals surface area (Å²) in [4.78, 5) is 0. The molecule has 0 amide bonds. The molecule has 0 saturated carbocycles. The first-order chi connectivity index (χ1) is 2.91. The molecule has 0 aliphatic heterocycles. The molecule has 0 bridgehead atoms. The number of rotatable bonds is 0. The van der Waals surface area contributed by atoms with Crippen LogP contribution in [0.1, 0.15) is 13.3 Å². The van der Waals surface area contributed by atoms with Crippen molar-refractivity contribution in [2.75, 3.05) is 0 Å². The molecule has 0 aliphatic carbocycles. The Labute approximate surface area is 61.2 Å². The Morgan fingerprint density at radius 1 is 1.57 bits per heavy atom. The van der Waals surface area contributed by atoms with Crippen molar-refractivity contribution in [1.29, 1.82) is 0 Å². The summed E-state index contributed by atoms with van der Waals surface area (Å²) in [5, 5.41) is 2.20. The molecule has 0 nitrogen and oxygen atoms in total. The molecular formula is C5H9ClMg. The second kappa shape index (κ2) is 9.79. The Bertz CT molecular complexity index is 61.9. The van der Waals surface area contributed by atoms with Crippen molar-refractivity contribution in [2.45, 2.75) is 18.4 Å². The zero-order valence-electron chi connectivity index (χ0n) is 4.82. The molecule has 0 aromatic rings. The van der Waals surface area contributed by atoms with E-state index in [1.807, 2.05) is 0 Å². The normalized spacial score (nSPS) is 4.29. The zero-order chi connectivity index (χ0) is 4.83. The molecule has 0 spiro atoms. The highest BCUT2D eigenvalue weighted by Crippen LogP contribution is 1.63. The summed E-state index contributed by atoms with van der Waals surface area (Å²) < 4.78 is 3.09. The van der Waals surface area contributed by atoms with Crippen LogP contribution in [0.15, 0.2) is 0 Å². The maximum Gasteiger partial charge on any atom is 0.475 e. The summed E-state index contributed by atoms with van der Waals surface area (Å²) in [5.74, 6) is 3.01. The average molecular weight is 129 g/mol. The Morgan fingerprint density at radius 3 is 2.29 bits per heavy atom. The van der Waals surface area contributed by atoms with Crippen molar-refractivity contribution in [1.82, 2.24) is 0 Å². The third-order valence-corrected chi connectivity index (χ3v) is 1.08. The fourth-order valence-electron chi connectivity index (χ4n) is 0.250. The fraction of sp³-hybridized carbons (Fsp3) is 0.600. The van der Waals surface area contributed by atoms with Crippen LogP contribution in [0.3, 0.4) is 0 Å². The second-order valence-electron chi connectivity index (χ2n) is 1.06. The van der Waals surface area contributed by atoms with Gasteiger partial charge in [0.05, 0.1) is 0 Å². The van der Waals surface area contributed by atoms with E-state index >= 15 is 0 Å². The molecule has 0 rings (SSSR count). The predicted octanol–water partition coefficient (Wildman–Crippen LogP) is 1.53. The molecule has 0 atom stereocenters. The third-order valence-electron chi connectivity index (χ3n) is 0.479. The molecule has 0 aromatic carbocycles. The van der Waals surface area contributed by atoms with Crippen LogP contribution in [0.2, 0.25) is 5.05 Å². The quantitative estimate of drug-likeness (QED) is 0.343. The molecule has 0 fully saturated rings. The topological polar surface area (TPSA) is 0 Å². The molecular weight excluding hydrogens is 120 g/mol. The van der Waals surface area contributed by atoms with E-state index in [1.165, 1.54) is 0 Å². The van der Waals surface area contributed by atoms with Gasteiger partial charge >= 0.3 is 20.4 Å². The molecule has 0 heterocycles. The van der Waals surface area contributed by atoms with Gasteiger partial charge in [-0.05, 0) is 0 Å². The molecule has 0 N–H and O–H groups in total. The van der Waals surface area contributed by atoms with Crippen LogP contribution < -0.4 is 0 Å². The van der Waals surface area contributed by atoms with Crippen LogP contribution in [0.4, 0.5) is 0 Å². The Kier molecular flexibility index (Phi) is 14.8. The highest BCUT2D eigenvalue weighted by Gasteiger charge is 1.67. The van der Waals surface area contributed by atoms with Crippen LogP contribution in [0, 0.1) is 9.97 Å². The van der Waals surface area contributed by atoms with E-state index < -0.39 is 0 Å². The van der Waals surface area contributed by atoms with Crippen molar-refractivity contribution in [3.63, 3.8) is 0 Å². The summed E-state index contributed by atoms with van der Waals surface area (Å²) in [6.45, 7) is 2.08. The number of hydrogen-bond acceptors (Lipinski definition) is 0. The van der Waals surface area contributed by atoms with Crippen molar-refractivity contribution in [3.05, 3.63) is 0 Å². The van der Waals surface area contributed by atoms with E-state index in [1.54, 1.807) is 0 Å². The third kappa shape index (κ3) is 10.8. The highest BCUT2D eigenvalue weighted by atomic mass is 35.5. The van der Waals surface area contributed by atoms with Gasteiger partial charge in [0.25, 0.3) is 0 Å². The maximum atomic E-state index is 3.09. The maximum absolute atomic E-state index is 3.09. The summed E-state index contributed by atoms with van der Waals surface area (Å²) in [6, 6.07) is 0. The molecule has 0 radical (unpaired) electrons. The SMILES string of the molecule is CCC#[C][Mg][CH3].Cl. The summed E-state index contributed by atoms with van der Waals surface area (Å²) in [6.07, 6.45) is 1.03. The van der Waals surface area contributed by atoms with Crippen molar-refractivity contribution < 1.29 is 0 Å². The van der Waals surface area contributed by atoms with Gasteiger partial charge in [0, 0.05) is 6.42 Å². The molecule has 0 unspecified atom stereocenters. The first kappa shape index (κ1) is 10.6. The summed E-state index contributed by atoms with van der Waals surface area (Å²) >= 11 is 0.0419. The molecule has 38 valence electrons. The van der Waals surface area contributed by atoms with E-state index in [4.69, 9.17) is 0 Å². The standard InChI is InChI=1S/C4H5.CH3.ClH.Mg/c1-3-4-2;;;/h3H2,1H3;1H3;1H;. The van der Waals surface area contributed by atoms with Crippen LogP contribution in [0.5, 0.6) is 0 Å². The van der Waals surface area contributed by atoms with Crippen LogP contribution >= 0.6 is 12.4 Å². The summed E-state index contributed by atoms with van der Waals surface area (Å²) in [5.41, 5.74) is 0. The monoisotopic (exact) mass is 128 g/mol. The highest BCUT2D eigenvalue weighted by molar-refractivity contribution is 6.44. The smallest absolute Gasteiger partial charge is 0.277 e. The van der Waals surface area contributed by atoms with E-state index in [9.17, 15) is 0 Å². The average Bonchev–Trinajstić information content (AvgIpc) is 1.61. The molecule has 2 heteroatoms. The van der Waals surface area contributed by atoms with Gasteiger partial charge in [0.15, 0.2) is 0 Å². The Hall–Kier alpha value is 0.616. The van der Waals surface area contributed by atoms with Gasteiger partial charge in [-0.25, -0.2) is 0 Å². The molecule has 0 aliphatic rings. The lowest BCUT2D eigenvalue weighted by atomic mass is 10.5. The first-order valence-corrected chi connectivity index (χ1v) is 4.49. The van der Waals surface area contributed by atoms with Gasteiger partial charge in [0.2, 0.25) is 0 Å². The minimum absolute atomic E-state index is 0.